The lowest BCUT2D eigenvalue weighted by Crippen LogP contribution is -2.23. The van der Waals surface area contributed by atoms with E-state index in [0.717, 1.165) is 5.56 Å². The van der Waals surface area contributed by atoms with Crippen molar-refractivity contribution in [2.24, 2.45) is 5.10 Å². The number of methoxy groups -OCH3 is 2. The molecule has 0 aliphatic rings. The lowest BCUT2D eigenvalue weighted by molar-refractivity contribution is 0.0955. The molecule has 1 heterocycles. The van der Waals surface area contributed by atoms with Crippen LogP contribution in [0.15, 0.2) is 88.8 Å². The molecule has 34 heavy (non-hydrogen) atoms. The molecule has 0 aliphatic carbocycles. The molecule has 172 valence electrons. The van der Waals surface area contributed by atoms with E-state index in [1.807, 2.05) is 30.3 Å². The van der Waals surface area contributed by atoms with Crippen LogP contribution < -0.4 is 20.5 Å². The van der Waals surface area contributed by atoms with Crippen LogP contribution in [0.4, 0.5) is 0 Å². The normalized spacial score (nSPS) is 11.2. The maximum absolute atomic E-state index is 13.5. The number of aromatic amines is 1. The van der Waals surface area contributed by atoms with Crippen molar-refractivity contribution in [1.29, 1.82) is 0 Å². The summed E-state index contributed by atoms with van der Waals surface area (Å²) >= 11 is 0. The zero-order valence-electron chi connectivity index (χ0n) is 19.0. The van der Waals surface area contributed by atoms with Gasteiger partial charge in [0.1, 0.15) is 11.5 Å². The fourth-order valence-corrected chi connectivity index (χ4v) is 3.50. The van der Waals surface area contributed by atoms with Gasteiger partial charge in [-0.1, -0.05) is 18.2 Å². The number of hydrogen-bond donors (Lipinski definition) is 2. The average molecular weight is 457 g/mol. The van der Waals surface area contributed by atoms with Crippen LogP contribution >= 0.6 is 0 Å². The van der Waals surface area contributed by atoms with E-state index < -0.39 is 0 Å². The van der Waals surface area contributed by atoms with Gasteiger partial charge in [0, 0.05) is 11.1 Å². The van der Waals surface area contributed by atoms with E-state index >= 15 is 0 Å². The molecule has 0 aliphatic heterocycles. The van der Waals surface area contributed by atoms with Crippen molar-refractivity contribution < 1.29 is 14.3 Å². The second kappa shape index (κ2) is 9.91. The summed E-state index contributed by atoms with van der Waals surface area (Å²) in [7, 11) is 3.17. The monoisotopic (exact) mass is 456 g/mol. The lowest BCUT2D eigenvalue weighted by Gasteiger charge is -2.05. The molecule has 8 nitrogen and oxygen atoms in total. The Balaban J connectivity index is 1.77. The van der Waals surface area contributed by atoms with Crippen molar-refractivity contribution in [3.05, 3.63) is 100 Å². The molecule has 4 rings (SSSR count). The van der Waals surface area contributed by atoms with Crippen LogP contribution in [0.3, 0.4) is 0 Å². The third-order valence-electron chi connectivity index (χ3n) is 5.32. The van der Waals surface area contributed by atoms with E-state index in [0.29, 0.717) is 39.7 Å². The number of carbonyl (C=O) groups is 1. The molecule has 0 unspecified atom stereocenters. The largest absolute Gasteiger partial charge is 0.497 e. The highest BCUT2D eigenvalue weighted by atomic mass is 16.5. The van der Waals surface area contributed by atoms with Gasteiger partial charge in [-0.15, -0.1) is 0 Å². The van der Waals surface area contributed by atoms with Gasteiger partial charge in [0.2, 0.25) is 0 Å². The van der Waals surface area contributed by atoms with Crippen molar-refractivity contribution in [3.8, 4) is 28.4 Å². The van der Waals surface area contributed by atoms with Gasteiger partial charge in [-0.3, -0.25) is 14.7 Å². The number of carbonyl (C=O) groups excluding carboxylic acids is 1. The Kier molecular flexibility index (Phi) is 6.59. The quantitative estimate of drug-likeness (QED) is 0.324. The molecule has 0 bridgehead atoms. The Morgan fingerprint density at radius 1 is 0.882 bits per heavy atom. The number of ether oxygens (including phenoxy) is 2. The van der Waals surface area contributed by atoms with Crippen molar-refractivity contribution in [1.82, 2.24) is 15.2 Å². The minimum absolute atomic E-state index is 0.300. The minimum atomic E-state index is -0.364. The number of amides is 1. The fourth-order valence-electron chi connectivity index (χ4n) is 3.50. The maximum Gasteiger partial charge on any atom is 0.281 e. The highest BCUT2D eigenvalue weighted by molar-refractivity contribution is 6.04. The highest BCUT2D eigenvalue weighted by Crippen LogP contribution is 2.24. The smallest absolute Gasteiger partial charge is 0.281 e. The lowest BCUT2D eigenvalue weighted by atomic mass is 10.1. The Morgan fingerprint density at radius 3 is 2.06 bits per heavy atom. The van der Waals surface area contributed by atoms with Crippen LogP contribution in [0.1, 0.15) is 22.8 Å². The first-order chi connectivity index (χ1) is 16.5. The first-order valence-electron chi connectivity index (χ1n) is 10.6. The van der Waals surface area contributed by atoms with Gasteiger partial charge in [-0.2, -0.15) is 5.10 Å². The molecule has 0 saturated heterocycles. The van der Waals surface area contributed by atoms with Crippen molar-refractivity contribution in [2.75, 3.05) is 14.2 Å². The van der Waals surface area contributed by atoms with Gasteiger partial charge in [0.05, 0.1) is 36.9 Å². The summed E-state index contributed by atoms with van der Waals surface area (Å²) in [5, 5.41) is 7.41. The highest BCUT2D eigenvalue weighted by Gasteiger charge is 2.20. The summed E-state index contributed by atoms with van der Waals surface area (Å²) in [6.45, 7) is 1.68. The van der Waals surface area contributed by atoms with E-state index in [2.05, 4.69) is 15.6 Å². The van der Waals surface area contributed by atoms with Gasteiger partial charge in [0.25, 0.3) is 11.5 Å². The fraction of sp³-hybridized carbons (Fsp3) is 0.115. The summed E-state index contributed by atoms with van der Waals surface area (Å²) in [4.78, 5) is 25.9. The van der Waals surface area contributed by atoms with Gasteiger partial charge < -0.3 is 9.47 Å². The molecule has 0 saturated carbocycles. The number of nitrogens with one attached hydrogen (secondary N) is 2. The van der Waals surface area contributed by atoms with Crippen molar-refractivity contribution >= 4 is 11.6 Å². The molecule has 0 atom stereocenters. The van der Waals surface area contributed by atoms with Gasteiger partial charge >= 0.3 is 0 Å². The first kappa shape index (κ1) is 22.6. The molecule has 0 radical (unpaired) electrons. The SMILES string of the molecule is COc1ccc(-c2[nH]n(-c3ccc(OC)cc3)c(=O)c2C(C)=NNC(=O)c2ccccc2)cc1. The second-order valence-corrected chi connectivity index (χ2v) is 7.43. The van der Waals surface area contributed by atoms with Gasteiger partial charge in [-0.05, 0) is 67.6 Å². The second-order valence-electron chi connectivity index (χ2n) is 7.43. The van der Waals surface area contributed by atoms with Crippen LogP contribution in [0, 0.1) is 0 Å². The summed E-state index contributed by atoms with van der Waals surface area (Å²) < 4.78 is 11.9. The number of H-pyrrole nitrogens is 1. The van der Waals surface area contributed by atoms with E-state index in [-0.39, 0.29) is 11.5 Å². The number of aromatic nitrogens is 2. The molecule has 1 amide bonds. The summed E-state index contributed by atoms with van der Waals surface area (Å²) in [5.41, 5.74) is 5.38. The zero-order valence-corrected chi connectivity index (χ0v) is 19.0. The van der Waals surface area contributed by atoms with Crippen LogP contribution in [0.25, 0.3) is 16.9 Å². The third-order valence-corrected chi connectivity index (χ3v) is 5.32. The van der Waals surface area contributed by atoms with Crippen molar-refractivity contribution in [2.45, 2.75) is 6.92 Å². The van der Waals surface area contributed by atoms with Crippen LogP contribution in [0.5, 0.6) is 11.5 Å². The van der Waals surface area contributed by atoms with E-state index in [1.165, 1.54) is 4.68 Å². The average Bonchev–Trinajstić information content (AvgIpc) is 3.24. The first-order valence-corrected chi connectivity index (χ1v) is 10.6. The van der Waals surface area contributed by atoms with E-state index in [4.69, 9.17) is 9.47 Å². The third kappa shape index (κ3) is 4.61. The molecule has 8 heteroatoms. The molecule has 2 N–H and O–H groups in total. The van der Waals surface area contributed by atoms with Crippen LogP contribution in [-0.4, -0.2) is 35.6 Å². The molecular weight excluding hydrogens is 432 g/mol. The maximum atomic E-state index is 13.5. The van der Waals surface area contributed by atoms with Gasteiger partial charge in [-0.25, -0.2) is 10.1 Å². The molecular formula is C26H24N4O4. The minimum Gasteiger partial charge on any atom is -0.497 e. The Bertz CT molecular complexity index is 1370. The summed E-state index contributed by atoms with van der Waals surface area (Å²) in [6.07, 6.45) is 0. The molecule has 4 aromatic rings. The predicted octanol–water partition coefficient (Wildman–Crippen LogP) is 4.00. The molecule has 1 aromatic heterocycles. The number of benzene rings is 3. The summed E-state index contributed by atoms with van der Waals surface area (Å²) in [6, 6.07) is 23.2. The predicted molar refractivity (Wildman–Crippen MR) is 131 cm³/mol. The Morgan fingerprint density at radius 2 is 1.47 bits per heavy atom. The van der Waals surface area contributed by atoms with Gasteiger partial charge in [0.15, 0.2) is 0 Å². The Labute approximate surface area is 196 Å². The van der Waals surface area contributed by atoms with Crippen molar-refractivity contribution in [3.63, 3.8) is 0 Å². The van der Waals surface area contributed by atoms with E-state index in [9.17, 15) is 9.59 Å². The molecule has 0 fully saturated rings. The topological polar surface area (TPSA) is 97.7 Å². The number of hydrazone groups is 1. The standard InChI is InChI=1S/C26H24N4O4/c1-17(27-28-25(31)19-7-5-4-6-8-19)23-24(18-9-13-21(33-2)14-10-18)29-30(26(23)32)20-11-15-22(34-3)16-12-20/h4-16,29H,1-3H3,(H,28,31). The summed E-state index contributed by atoms with van der Waals surface area (Å²) in [5.74, 6) is 1.01. The number of hydrogen-bond acceptors (Lipinski definition) is 5. The van der Waals surface area contributed by atoms with E-state index in [1.54, 1.807) is 69.7 Å². The Hall–Kier alpha value is -4.59. The zero-order chi connectivity index (χ0) is 24.1. The molecule has 0 spiro atoms. The number of nitrogens with zero attached hydrogens (tertiary/aromatic N) is 2. The molecule has 3 aromatic carbocycles. The van der Waals surface area contributed by atoms with Crippen LogP contribution in [0.2, 0.25) is 0 Å². The number of rotatable bonds is 7. The van der Waals surface area contributed by atoms with Crippen LogP contribution in [-0.2, 0) is 0 Å².